The van der Waals surface area contributed by atoms with Crippen LogP contribution in [0.3, 0.4) is 0 Å². The van der Waals surface area contributed by atoms with Gasteiger partial charge in [-0.05, 0) is 38.6 Å². The Morgan fingerprint density at radius 2 is 1.79 bits per heavy atom. The molecule has 1 rings (SSSR count). The molecule has 0 aromatic heterocycles. The minimum atomic E-state index is -0.0452. The molecule has 0 radical (unpaired) electrons. The van der Waals surface area contributed by atoms with Gasteiger partial charge in [0.05, 0.1) is 26.4 Å². The van der Waals surface area contributed by atoms with Gasteiger partial charge in [-0.2, -0.15) is 0 Å². The van der Waals surface area contributed by atoms with Crippen molar-refractivity contribution in [3.05, 3.63) is 0 Å². The molecule has 1 fully saturated rings. The van der Waals surface area contributed by atoms with Crippen LogP contribution >= 0.6 is 0 Å². The van der Waals surface area contributed by atoms with Gasteiger partial charge in [0.1, 0.15) is 6.61 Å². The van der Waals surface area contributed by atoms with Crippen LogP contribution in [0.2, 0.25) is 0 Å². The molecular weight excluding hydrogens is 362 g/mol. The molecule has 8 nitrogen and oxygen atoms in total. The van der Waals surface area contributed by atoms with Crippen molar-refractivity contribution < 1.29 is 23.8 Å². The van der Waals surface area contributed by atoms with Crippen LogP contribution in [0.1, 0.15) is 51.4 Å². The quantitative estimate of drug-likeness (QED) is 0.375. The van der Waals surface area contributed by atoms with Crippen molar-refractivity contribution in [1.82, 2.24) is 10.2 Å². The highest BCUT2D eigenvalue weighted by atomic mass is 16.5. The monoisotopic (exact) mass is 401 g/mol. The van der Waals surface area contributed by atoms with Crippen molar-refractivity contribution in [3.63, 3.8) is 0 Å². The SMILES string of the molecule is COCCOCCOCC(=O)N1CCCCC1CC(=O)NCCCCCCN. The van der Waals surface area contributed by atoms with Crippen LogP contribution in [0.25, 0.3) is 0 Å². The van der Waals surface area contributed by atoms with E-state index in [0.29, 0.717) is 45.9 Å². The summed E-state index contributed by atoms with van der Waals surface area (Å²) in [5.74, 6) is -0.0211. The zero-order valence-electron chi connectivity index (χ0n) is 17.5. The average Bonchev–Trinajstić information content (AvgIpc) is 2.70. The van der Waals surface area contributed by atoms with Crippen molar-refractivity contribution in [1.29, 1.82) is 0 Å². The Bertz CT molecular complexity index is 423. The van der Waals surface area contributed by atoms with E-state index in [-0.39, 0.29) is 24.5 Å². The predicted molar refractivity (Wildman–Crippen MR) is 108 cm³/mol. The van der Waals surface area contributed by atoms with Gasteiger partial charge in [-0.1, -0.05) is 12.8 Å². The zero-order valence-corrected chi connectivity index (χ0v) is 17.5. The average molecular weight is 402 g/mol. The summed E-state index contributed by atoms with van der Waals surface area (Å²) in [7, 11) is 1.62. The normalized spacial score (nSPS) is 16.9. The maximum atomic E-state index is 12.5. The van der Waals surface area contributed by atoms with Gasteiger partial charge >= 0.3 is 0 Å². The zero-order chi connectivity index (χ0) is 20.5. The van der Waals surface area contributed by atoms with Gasteiger partial charge in [-0.15, -0.1) is 0 Å². The van der Waals surface area contributed by atoms with Gasteiger partial charge in [0, 0.05) is 32.7 Å². The molecule has 28 heavy (non-hydrogen) atoms. The smallest absolute Gasteiger partial charge is 0.248 e. The summed E-state index contributed by atoms with van der Waals surface area (Å²) in [5, 5.41) is 2.98. The number of unbranched alkanes of at least 4 members (excludes halogenated alkanes) is 3. The highest BCUT2D eigenvalue weighted by Crippen LogP contribution is 2.20. The van der Waals surface area contributed by atoms with Gasteiger partial charge in [0.2, 0.25) is 11.8 Å². The molecule has 1 heterocycles. The molecule has 1 unspecified atom stereocenters. The fourth-order valence-corrected chi connectivity index (χ4v) is 3.28. The number of piperidine rings is 1. The standard InChI is InChI=1S/C20H39N3O5/c1-26-12-13-27-14-15-28-17-20(25)23-11-7-4-8-18(23)16-19(24)22-10-6-3-2-5-9-21/h18H,2-17,21H2,1H3,(H,22,24). The van der Waals surface area contributed by atoms with Crippen LogP contribution in [0.5, 0.6) is 0 Å². The third-order valence-electron chi connectivity index (χ3n) is 4.85. The van der Waals surface area contributed by atoms with E-state index in [2.05, 4.69) is 5.32 Å². The number of methoxy groups -OCH3 is 1. The number of carbonyl (C=O) groups excluding carboxylic acids is 2. The molecule has 0 aromatic rings. The topological polar surface area (TPSA) is 103 Å². The van der Waals surface area contributed by atoms with Gasteiger partial charge < -0.3 is 30.2 Å². The molecular formula is C20H39N3O5. The number of nitrogens with two attached hydrogens (primary N) is 1. The number of hydrogen-bond acceptors (Lipinski definition) is 6. The van der Waals surface area contributed by atoms with Crippen LogP contribution in [0, 0.1) is 0 Å². The number of likely N-dealkylation sites (tertiary alicyclic amines) is 1. The highest BCUT2D eigenvalue weighted by molar-refractivity contribution is 5.80. The van der Waals surface area contributed by atoms with E-state index in [4.69, 9.17) is 19.9 Å². The van der Waals surface area contributed by atoms with E-state index in [9.17, 15) is 9.59 Å². The van der Waals surface area contributed by atoms with Crippen molar-refractivity contribution in [3.8, 4) is 0 Å². The summed E-state index contributed by atoms with van der Waals surface area (Å²) >= 11 is 0. The van der Waals surface area contributed by atoms with E-state index < -0.39 is 0 Å². The number of ether oxygens (including phenoxy) is 3. The molecule has 1 atom stereocenters. The third kappa shape index (κ3) is 11.6. The molecule has 0 bridgehead atoms. The van der Waals surface area contributed by atoms with Crippen LogP contribution in [-0.4, -0.2) is 82.5 Å². The van der Waals surface area contributed by atoms with E-state index in [1.54, 1.807) is 7.11 Å². The molecule has 0 saturated carbocycles. The number of rotatable bonds is 16. The number of amides is 2. The van der Waals surface area contributed by atoms with Crippen molar-refractivity contribution in [2.75, 3.05) is 59.8 Å². The third-order valence-corrected chi connectivity index (χ3v) is 4.85. The summed E-state index contributed by atoms with van der Waals surface area (Å²) in [6.07, 6.45) is 7.46. The lowest BCUT2D eigenvalue weighted by Gasteiger charge is -2.35. The molecule has 1 aliphatic rings. The van der Waals surface area contributed by atoms with E-state index in [1.807, 2.05) is 4.90 Å². The largest absolute Gasteiger partial charge is 0.382 e. The molecule has 8 heteroatoms. The Kier molecular flexibility index (Phi) is 14.8. The lowest BCUT2D eigenvalue weighted by Crippen LogP contribution is -2.47. The fraction of sp³-hybridized carbons (Fsp3) is 0.900. The summed E-state index contributed by atoms with van der Waals surface area (Å²) < 4.78 is 15.6. The Balaban J connectivity index is 2.22. The van der Waals surface area contributed by atoms with Crippen molar-refractivity contribution in [2.24, 2.45) is 5.73 Å². The van der Waals surface area contributed by atoms with Crippen LogP contribution in [-0.2, 0) is 23.8 Å². The Hall–Kier alpha value is -1.22. The first-order chi connectivity index (χ1) is 13.7. The first-order valence-electron chi connectivity index (χ1n) is 10.6. The fourth-order valence-electron chi connectivity index (χ4n) is 3.28. The molecule has 164 valence electrons. The first kappa shape index (κ1) is 24.8. The van der Waals surface area contributed by atoms with Crippen LogP contribution in [0.4, 0.5) is 0 Å². The number of hydrogen-bond donors (Lipinski definition) is 2. The molecule has 0 aromatic carbocycles. The number of carbonyl (C=O) groups is 2. The summed E-state index contributed by atoms with van der Waals surface area (Å²) in [4.78, 5) is 26.5. The lowest BCUT2D eigenvalue weighted by atomic mass is 9.99. The lowest BCUT2D eigenvalue weighted by molar-refractivity contribution is -0.141. The molecule has 1 aliphatic heterocycles. The highest BCUT2D eigenvalue weighted by Gasteiger charge is 2.28. The van der Waals surface area contributed by atoms with E-state index >= 15 is 0 Å². The first-order valence-corrected chi connectivity index (χ1v) is 10.6. The summed E-state index contributed by atoms with van der Waals surface area (Å²) in [6.45, 7) is 4.02. The maximum Gasteiger partial charge on any atom is 0.248 e. The summed E-state index contributed by atoms with van der Waals surface area (Å²) in [6, 6.07) is -0.0277. The second kappa shape index (κ2) is 16.7. The van der Waals surface area contributed by atoms with Gasteiger partial charge in [0.25, 0.3) is 0 Å². The Morgan fingerprint density at radius 3 is 2.57 bits per heavy atom. The predicted octanol–water partition coefficient (Wildman–Crippen LogP) is 1.07. The molecule has 3 N–H and O–H groups in total. The van der Waals surface area contributed by atoms with Crippen LogP contribution in [0.15, 0.2) is 0 Å². The number of nitrogens with one attached hydrogen (secondary N) is 1. The van der Waals surface area contributed by atoms with Gasteiger partial charge in [0.15, 0.2) is 0 Å². The molecule has 0 aliphatic carbocycles. The van der Waals surface area contributed by atoms with Crippen molar-refractivity contribution in [2.45, 2.75) is 57.4 Å². The van der Waals surface area contributed by atoms with E-state index in [0.717, 1.165) is 51.5 Å². The van der Waals surface area contributed by atoms with Crippen molar-refractivity contribution >= 4 is 11.8 Å². The summed E-state index contributed by atoms with van der Waals surface area (Å²) in [5.41, 5.74) is 5.47. The maximum absolute atomic E-state index is 12.5. The molecule has 1 saturated heterocycles. The second-order valence-electron chi connectivity index (χ2n) is 7.15. The molecule has 2 amide bonds. The van der Waals surface area contributed by atoms with Crippen LogP contribution < -0.4 is 11.1 Å². The molecule has 0 spiro atoms. The minimum Gasteiger partial charge on any atom is -0.382 e. The van der Waals surface area contributed by atoms with Gasteiger partial charge in [-0.3, -0.25) is 9.59 Å². The Morgan fingerprint density at radius 1 is 1.04 bits per heavy atom. The van der Waals surface area contributed by atoms with E-state index in [1.165, 1.54) is 0 Å². The minimum absolute atomic E-state index is 0.0241. The number of nitrogens with zero attached hydrogens (tertiary/aromatic N) is 1. The van der Waals surface area contributed by atoms with Gasteiger partial charge in [-0.25, -0.2) is 0 Å². The Labute approximate surface area is 169 Å². The second-order valence-corrected chi connectivity index (χ2v) is 7.15.